The van der Waals surface area contributed by atoms with Crippen LogP contribution < -0.4 is 0 Å². The Bertz CT molecular complexity index is 345. The van der Waals surface area contributed by atoms with Crippen molar-refractivity contribution in [1.29, 1.82) is 0 Å². The van der Waals surface area contributed by atoms with Crippen molar-refractivity contribution < 1.29 is 19.8 Å². The van der Waals surface area contributed by atoms with Crippen LogP contribution in [0.2, 0.25) is 0 Å². The SMILES string of the molecule is O=C(O)C1CSCCN1C(=O)N1CCC(CO)CC1. The predicted molar refractivity (Wildman–Crippen MR) is 72.2 cm³/mol. The minimum Gasteiger partial charge on any atom is -0.480 e. The number of aliphatic carboxylic acids is 1. The summed E-state index contributed by atoms with van der Waals surface area (Å²) in [5.41, 5.74) is 0. The van der Waals surface area contributed by atoms with Gasteiger partial charge in [-0.3, -0.25) is 0 Å². The molecule has 19 heavy (non-hydrogen) atoms. The number of amides is 2. The first-order valence-corrected chi connectivity index (χ1v) is 7.76. The Kier molecular flexibility index (Phi) is 4.93. The Hall–Kier alpha value is -0.950. The summed E-state index contributed by atoms with van der Waals surface area (Å²) < 4.78 is 0. The van der Waals surface area contributed by atoms with E-state index in [4.69, 9.17) is 5.11 Å². The van der Waals surface area contributed by atoms with Gasteiger partial charge in [0.1, 0.15) is 6.04 Å². The zero-order valence-corrected chi connectivity index (χ0v) is 11.6. The summed E-state index contributed by atoms with van der Waals surface area (Å²) in [5.74, 6) is 0.610. The van der Waals surface area contributed by atoms with Gasteiger partial charge in [0.15, 0.2) is 0 Å². The van der Waals surface area contributed by atoms with Gasteiger partial charge in [-0.1, -0.05) is 0 Å². The molecule has 0 spiro atoms. The molecule has 1 atom stereocenters. The number of thioether (sulfide) groups is 1. The van der Waals surface area contributed by atoms with Crippen molar-refractivity contribution in [2.45, 2.75) is 18.9 Å². The summed E-state index contributed by atoms with van der Waals surface area (Å²) in [5, 5.41) is 18.3. The van der Waals surface area contributed by atoms with Crippen LogP contribution in [0.5, 0.6) is 0 Å². The zero-order chi connectivity index (χ0) is 13.8. The maximum absolute atomic E-state index is 12.4. The van der Waals surface area contributed by atoms with E-state index in [-0.39, 0.29) is 18.6 Å². The van der Waals surface area contributed by atoms with Crippen molar-refractivity contribution in [2.24, 2.45) is 5.92 Å². The van der Waals surface area contributed by atoms with E-state index < -0.39 is 12.0 Å². The molecule has 108 valence electrons. The Morgan fingerprint density at radius 3 is 2.47 bits per heavy atom. The highest BCUT2D eigenvalue weighted by Gasteiger charge is 2.35. The lowest BCUT2D eigenvalue weighted by atomic mass is 9.98. The molecular weight excluding hydrogens is 268 g/mol. The highest BCUT2D eigenvalue weighted by molar-refractivity contribution is 7.99. The predicted octanol–water partition coefficient (Wildman–Crippen LogP) is 0.313. The summed E-state index contributed by atoms with van der Waals surface area (Å²) in [6.07, 6.45) is 1.59. The number of rotatable bonds is 2. The van der Waals surface area contributed by atoms with E-state index >= 15 is 0 Å². The number of hydrogen-bond acceptors (Lipinski definition) is 4. The number of urea groups is 1. The maximum atomic E-state index is 12.4. The molecule has 2 fully saturated rings. The van der Waals surface area contributed by atoms with Gasteiger partial charge in [-0.25, -0.2) is 9.59 Å². The van der Waals surface area contributed by atoms with Crippen molar-refractivity contribution in [2.75, 3.05) is 37.7 Å². The molecule has 0 radical (unpaired) electrons. The highest BCUT2D eigenvalue weighted by atomic mass is 32.2. The van der Waals surface area contributed by atoms with E-state index in [0.717, 1.165) is 18.6 Å². The fourth-order valence-corrected chi connectivity index (χ4v) is 3.56. The number of hydrogen-bond donors (Lipinski definition) is 2. The second-order valence-electron chi connectivity index (χ2n) is 5.02. The Labute approximate surface area is 116 Å². The third-order valence-electron chi connectivity index (χ3n) is 3.80. The molecule has 1 unspecified atom stereocenters. The van der Waals surface area contributed by atoms with Crippen LogP contribution in [0.1, 0.15) is 12.8 Å². The van der Waals surface area contributed by atoms with Crippen LogP contribution in [-0.2, 0) is 4.79 Å². The molecule has 0 saturated carbocycles. The molecular formula is C12H20N2O4S. The topological polar surface area (TPSA) is 81.1 Å². The monoisotopic (exact) mass is 288 g/mol. The standard InChI is InChI=1S/C12H20N2O4S/c15-7-9-1-3-13(4-2-9)12(18)14-5-6-19-8-10(14)11(16)17/h9-10,15H,1-8H2,(H,16,17). The van der Waals surface area contributed by atoms with Gasteiger partial charge in [0, 0.05) is 37.7 Å². The molecule has 0 aliphatic carbocycles. The van der Waals surface area contributed by atoms with E-state index in [1.165, 1.54) is 4.90 Å². The molecule has 0 aromatic carbocycles. The lowest BCUT2D eigenvalue weighted by Gasteiger charge is -2.39. The van der Waals surface area contributed by atoms with E-state index in [1.54, 1.807) is 16.7 Å². The van der Waals surface area contributed by atoms with Crippen LogP contribution in [0.4, 0.5) is 4.79 Å². The first-order chi connectivity index (χ1) is 9.13. The van der Waals surface area contributed by atoms with Gasteiger partial charge in [-0.15, -0.1) is 0 Å². The lowest BCUT2D eigenvalue weighted by Crippen LogP contribution is -2.56. The summed E-state index contributed by atoms with van der Waals surface area (Å²) >= 11 is 1.58. The number of nitrogens with zero attached hydrogens (tertiary/aromatic N) is 2. The molecule has 2 aliphatic heterocycles. The second-order valence-corrected chi connectivity index (χ2v) is 6.17. The lowest BCUT2D eigenvalue weighted by molar-refractivity contribution is -0.141. The van der Waals surface area contributed by atoms with Crippen molar-refractivity contribution >= 4 is 23.8 Å². The number of carbonyl (C=O) groups excluding carboxylic acids is 1. The smallest absolute Gasteiger partial charge is 0.327 e. The Morgan fingerprint density at radius 1 is 1.21 bits per heavy atom. The average Bonchev–Trinajstić information content (AvgIpc) is 2.46. The third-order valence-corrected chi connectivity index (χ3v) is 4.83. The fraction of sp³-hybridized carbons (Fsp3) is 0.833. The largest absolute Gasteiger partial charge is 0.480 e. The molecule has 6 nitrogen and oxygen atoms in total. The van der Waals surface area contributed by atoms with Gasteiger partial charge in [0.2, 0.25) is 0 Å². The van der Waals surface area contributed by atoms with Crippen molar-refractivity contribution in [3.8, 4) is 0 Å². The first kappa shape index (κ1) is 14.5. The van der Waals surface area contributed by atoms with Gasteiger partial charge < -0.3 is 20.0 Å². The van der Waals surface area contributed by atoms with Gasteiger partial charge in [0.05, 0.1) is 0 Å². The quantitative estimate of drug-likeness (QED) is 0.764. The van der Waals surface area contributed by atoms with Crippen LogP contribution >= 0.6 is 11.8 Å². The van der Waals surface area contributed by atoms with Crippen LogP contribution in [0, 0.1) is 5.92 Å². The number of likely N-dealkylation sites (tertiary alicyclic amines) is 1. The maximum Gasteiger partial charge on any atom is 0.327 e. The third kappa shape index (κ3) is 3.33. The van der Waals surface area contributed by atoms with E-state index in [9.17, 15) is 14.7 Å². The summed E-state index contributed by atoms with van der Waals surface area (Å²) in [6, 6.07) is -0.870. The minimum atomic E-state index is -0.925. The van der Waals surface area contributed by atoms with Crippen molar-refractivity contribution in [3.05, 3.63) is 0 Å². The molecule has 2 N–H and O–H groups in total. The zero-order valence-electron chi connectivity index (χ0n) is 10.8. The number of aliphatic hydroxyl groups excluding tert-OH is 1. The number of aliphatic hydroxyl groups is 1. The Balaban J connectivity index is 1.96. The molecule has 7 heteroatoms. The number of carboxylic acid groups (broad SMARTS) is 1. The number of carbonyl (C=O) groups is 2. The van der Waals surface area contributed by atoms with E-state index in [2.05, 4.69) is 0 Å². The molecule has 2 rings (SSSR count). The van der Waals surface area contributed by atoms with Gasteiger partial charge in [-0.2, -0.15) is 11.8 Å². The summed E-state index contributed by atoms with van der Waals surface area (Å²) in [4.78, 5) is 26.8. The van der Waals surface area contributed by atoms with E-state index in [1.807, 2.05) is 0 Å². The molecule has 2 saturated heterocycles. The molecule has 0 aromatic rings. The van der Waals surface area contributed by atoms with Crippen LogP contribution in [-0.4, -0.2) is 75.8 Å². The normalized spacial score (nSPS) is 25.4. The van der Waals surface area contributed by atoms with E-state index in [0.29, 0.717) is 25.4 Å². The number of carboxylic acids is 1. The molecule has 2 amide bonds. The number of piperidine rings is 1. The van der Waals surface area contributed by atoms with Crippen LogP contribution in [0.15, 0.2) is 0 Å². The van der Waals surface area contributed by atoms with Crippen molar-refractivity contribution in [1.82, 2.24) is 9.80 Å². The van der Waals surface area contributed by atoms with Gasteiger partial charge in [-0.05, 0) is 18.8 Å². The van der Waals surface area contributed by atoms with Crippen molar-refractivity contribution in [3.63, 3.8) is 0 Å². The average molecular weight is 288 g/mol. The molecule has 0 bridgehead atoms. The second kappa shape index (κ2) is 6.47. The summed E-state index contributed by atoms with van der Waals surface area (Å²) in [7, 11) is 0. The van der Waals surface area contributed by atoms with Crippen LogP contribution in [0.25, 0.3) is 0 Å². The van der Waals surface area contributed by atoms with Gasteiger partial charge in [0.25, 0.3) is 0 Å². The Morgan fingerprint density at radius 2 is 1.89 bits per heavy atom. The first-order valence-electron chi connectivity index (χ1n) is 6.60. The minimum absolute atomic E-state index is 0.163. The molecule has 0 aromatic heterocycles. The van der Waals surface area contributed by atoms with Crippen LogP contribution in [0.3, 0.4) is 0 Å². The fourth-order valence-electron chi connectivity index (χ4n) is 2.53. The molecule has 2 heterocycles. The highest BCUT2D eigenvalue weighted by Crippen LogP contribution is 2.22. The van der Waals surface area contributed by atoms with Gasteiger partial charge >= 0.3 is 12.0 Å². The molecule has 2 aliphatic rings. The summed E-state index contributed by atoms with van der Waals surface area (Å²) in [6.45, 7) is 1.89.